The average Bonchev–Trinajstić information content (AvgIpc) is 3.02. The van der Waals surface area contributed by atoms with E-state index in [-0.39, 0.29) is 5.91 Å². The highest BCUT2D eigenvalue weighted by Gasteiger charge is 2.08. The lowest BCUT2D eigenvalue weighted by Crippen LogP contribution is -2.22. The van der Waals surface area contributed by atoms with Crippen molar-refractivity contribution in [1.82, 2.24) is 15.3 Å². The van der Waals surface area contributed by atoms with Crippen molar-refractivity contribution in [1.29, 1.82) is 0 Å². The van der Waals surface area contributed by atoms with Gasteiger partial charge in [0.15, 0.2) is 0 Å². The second-order valence-electron chi connectivity index (χ2n) is 4.58. The van der Waals surface area contributed by atoms with Gasteiger partial charge in [0, 0.05) is 33.4 Å². The van der Waals surface area contributed by atoms with Crippen molar-refractivity contribution in [2.75, 3.05) is 0 Å². The molecule has 22 heavy (non-hydrogen) atoms. The summed E-state index contributed by atoms with van der Waals surface area (Å²) in [6.45, 7) is 0.405. The van der Waals surface area contributed by atoms with E-state index in [2.05, 4.69) is 31.2 Å². The maximum atomic E-state index is 12.1. The number of halogens is 1. The maximum Gasteiger partial charge on any atom is 0.251 e. The summed E-state index contributed by atoms with van der Waals surface area (Å²) in [5.41, 5.74) is 2.45. The number of benzene rings is 1. The standard InChI is InChI=1S/C16H12BrN3OS/c17-13-5-1-3-11(7-13)15(21)19-9-14-10-22-16(20-14)12-4-2-6-18-8-12/h1-8,10H,9H2,(H,19,21). The number of carbonyl (C=O) groups excluding carboxylic acids is 1. The zero-order valence-electron chi connectivity index (χ0n) is 11.5. The number of nitrogens with zero attached hydrogens (tertiary/aromatic N) is 2. The zero-order valence-corrected chi connectivity index (χ0v) is 13.9. The van der Waals surface area contributed by atoms with Gasteiger partial charge in [0.1, 0.15) is 5.01 Å². The summed E-state index contributed by atoms with van der Waals surface area (Å²) in [6.07, 6.45) is 3.51. The van der Waals surface area contributed by atoms with E-state index in [1.165, 1.54) is 0 Å². The first-order valence-corrected chi connectivity index (χ1v) is 8.28. The number of nitrogens with one attached hydrogen (secondary N) is 1. The van der Waals surface area contributed by atoms with Crippen LogP contribution in [0.15, 0.2) is 58.6 Å². The minimum absolute atomic E-state index is 0.114. The van der Waals surface area contributed by atoms with Gasteiger partial charge in [0.25, 0.3) is 5.91 Å². The Morgan fingerprint density at radius 2 is 2.18 bits per heavy atom. The first-order chi connectivity index (χ1) is 10.7. The van der Waals surface area contributed by atoms with E-state index in [4.69, 9.17) is 0 Å². The molecule has 0 atom stereocenters. The molecular formula is C16H12BrN3OS. The Morgan fingerprint density at radius 3 is 2.95 bits per heavy atom. The van der Waals surface area contributed by atoms with Gasteiger partial charge in [-0.3, -0.25) is 9.78 Å². The summed E-state index contributed by atoms with van der Waals surface area (Å²) in [4.78, 5) is 20.7. The van der Waals surface area contributed by atoms with Crippen LogP contribution in [0, 0.1) is 0 Å². The number of hydrogen-bond acceptors (Lipinski definition) is 4. The molecule has 4 nitrogen and oxygen atoms in total. The highest BCUT2D eigenvalue weighted by molar-refractivity contribution is 9.10. The lowest BCUT2D eigenvalue weighted by molar-refractivity contribution is 0.0950. The third kappa shape index (κ3) is 3.58. The van der Waals surface area contributed by atoms with E-state index in [1.54, 1.807) is 35.9 Å². The molecule has 6 heteroatoms. The minimum Gasteiger partial charge on any atom is -0.346 e. The molecule has 0 saturated carbocycles. The summed E-state index contributed by atoms with van der Waals surface area (Å²) in [5, 5.41) is 5.73. The van der Waals surface area contributed by atoms with Crippen molar-refractivity contribution in [3.63, 3.8) is 0 Å². The van der Waals surface area contributed by atoms with Gasteiger partial charge in [-0.05, 0) is 30.3 Å². The van der Waals surface area contributed by atoms with Crippen LogP contribution in [0.3, 0.4) is 0 Å². The van der Waals surface area contributed by atoms with Crippen molar-refractivity contribution < 1.29 is 4.79 Å². The first kappa shape index (κ1) is 14.9. The number of thiazole rings is 1. The van der Waals surface area contributed by atoms with E-state index in [0.29, 0.717) is 12.1 Å². The van der Waals surface area contributed by atoms with Crippen molar-refractivity contribution in [2.45, 2.75) is 6.54 Å². The van der Waals surface area contributed by atoms with E-state index in [0.717, 1.165) is 20.7 Å². The molecule has 3 rings (SSSR count). The predicted octanol–water partition coefficient (Wildman–Crippen LogP) is 3.90. The molecule has 2 heterocycles. The first-order valence-electron chi connectivity index (χ1n) is 6.61. The van der Waals surface area contributed by atoms with Gasteiger partial charge in [-0.2, -0.15) is 0 Å². The zero-order chi connectivity index (χ0) is 15.4. The molecule has 2 aromatic heterocycles. The normalized spacial score (nSPS) is 10.4. The van der Waals surface area contributed by atoms with Crippen LogP contribution >= 0.6 is 27.3 Å². The van der Waals surface area contributed by atoms with Gasteiger partial charge in [-0.25, -0.2) is 4.98 Å². The Hall–Kier alpha value is -2.05. The highest BCUT2D eigenvalue weighted by atomic mass is 79.9. The quantitative estimate of drug-likeness (QED) is 0.754. The number of amides is 1. The fraction of sp³-hybridized carbons (Fsp3) is 0.0625. The Kier molecular flexibility index (Phi) is 4.60. The lowest BCUT2D eigenvalue weighted by atomic mass is 10.2. The minimum atomic E-state index is -0.114. The Morgan fingerprint density at radius 1 is 1.27 bits per heavy atom. The Balaban J connectivity index is 1.65. The van der Waals surface area contributed by atoms with Gasteiger partial charge < -0.3 is 5.32 Å². The second kappa shape index (κ2) is 6.81. The van der Waals surface area contributed by atoms with Crippen LogP contribution in [-0.4, -0.2) is 15.9 Å². The summed E-state index contributed by atoms with van der Waals surface area (Å²) >= 11 is 4.90. The summed E-state index contributed by atoms with van der Waals surface area (Å²) in [6, 6.07) is 11.1. The molecule has 110 valence electrons. The third-order valence-corrected chi connectivity index (χ3v) is 4.41. The molecular weight excluding hydrogens is 362 g/mol. The number of hydrogen-bond donors (Lipinski definition) is 1. The third-order valence-electron chi connectivity index (χ3n) is 2.98. The molecule has 0 aliphatic heterocycles. The van der Waals surface area contributed by atoms with Gasteiger partial charge in [0.2, 0.25) is 0 Å². The van der Waals surface area contributed by atoms with Crippen LogP contribution in [0.2, 0.25) is 0 Å². The average molecular weight is 374 g/mol. The monoisotopic (exact) mass is 373 g/mol. The molecule has 0 unspecified atom stereocenters. The number of rotatable bonds is 4. The predicted molar refractivity (Wildman–Crippen MR) is 90.7 cm³/mol. The van der Waals surface area contributed by atoms with Gasteiger partial charge in [0.05, 0.1) is 12.2 Å². The van der Waals surface area contributed by atoms with Crippen molar-refractivity contribution in [3.05, 3.63) is 69.9 Å². The van der Waals surface area contributed by atoms with Crippen molar-refractivity contribution >= 4 is 33.2 Å². The van der Waals surface area contributed by atoms with Crippen LogP contribution < -0.4 is 5.32 Å². The Bertz CT molecular complexity index is 789. The molecule has 3 aromatic rings. The lowest BCUT2D eigenvalue weighted by Gasteiger charge is -2.03. The van der Waals surface area contributed by atoms with Crippen LogP contribution in [0.4, 0.5) is 0 Å². The fourth-order valence-electron chi connectivity index (χ4n) is 1.91. The SMILES string of the molecule is O=C(NCc1csc(-c2cccnc2)n1)c1cccc(Br)c1. The molecule has 1 amide bonds. The molecule has 1 N–H and O–H groups in total. The smallest absolute Gasteiger partial charge is 0.251 e. The van der Waals surface area contributed by atoms with E-state index in [1.807, 2.05) is 29.6 Å². The van der Waals surface area contributed by atoms with Crippen molar-refractivity contribution in [2.24, 2.45) is 0 Å². The number of carbonyl (C=O) groups is 1. The van der Waals surface area contributed by atoms with Crippen LogP contribution in [-0.2, 0) is 6.54 Å². The Labute approximate surface area is 140 Å². The van der Waals surface area contributed by atoms with Gasteiger partial charge in [-0.15, -0.1) is 11.3 Å². The number of pyridine rings is 1. The molecule has 0 saturated heterocycles. The summed E-state index contributed by atoms with van der Waals surface area (Å²) in [5.74, 6) is -0.114. The van der Waals surface area contributed by atoms with E-state index >= 15 is 0 Å². The molecule has 0 aliphatic rings. The van der Waals surface area contributed by atoms with E-state index in [9.17, 15) is 4.79 Å². The van der Waals surface area contributed by atoms with Crippen LogP contribution in [0.25, 0.3) is 10.6 Å². The topological polar surface area (TPSA) is 54.9 Å². The van der Waals surface area contributed by atoms with Crippen molar-refractivity contribution in [3.8, 4) is 10.6 Å². The largest absolute Gasteiger partial charge is 0.346 e. The molecule has 1 aromatic carbocycles. The summed E-state index contributed by atoms with van der Waals surface area (Å²) in [7, 11) is 0. The molecule has 0 spiro atoms. The van der Waals surface area contributed by atoms with E-state index < -0.39 is 0 Å². The molecule has 0 aliphatic carbocycles. The van der Waals surface area contributed by atoms with Gasteiger partial charge in [-0.1, -0.05) is 22.0 Å². The van der Waals surface area contributed by atoms with Crippen LogP contribution in [0.5, 0.6) is 0 Å². The molecule has 0 bridgehead atoms. The molecule has 0 fully saturated rings. The fourth-order valence-corrected chi connectivity index (χ4v) is 3.12. The summed E-state index contributed by atoms with van der Waals surface area (Å²) < 4.78 is 0.882. The van der Waals surface area contributed by atoms with Gasteiger partial charge >= 0.3 is 0 Å². The number of aromatic nitrogens is 2. The highest BCUT2D eigenvalue weighted by Crippen LogP contribution is 2.22. The second-order valence-corrected chi connectivity index (χ2v) is 6.35. The van der Waals surface area contributed by atoms with Crippen LogP contribution in [0.1, 0.15) is 16.1 Å². The maximum absolute atomic E-state index is 12.1. The molecule has 0 radical (unpaired) electrons.